The first kappa shape index (κ1) is 14.2. The van der Waals surface area contributed by atoms with Crippen LogP contribution in [0.4, 0.5) is 5.69 Å². The lowest BCUT2D eigenvalue weighted by atomic mass is 10.0. The molecule has 0 saturated heterocycles. The van der Waals surface area contributed by atoms with Crippen LogP contribution in [0.15, 0.2) is 24.3 Å². The molecular weight excluding hydrogens is 234 g/mol. The Morgan fingerprint density at radius 1 is 1.33 bits per heavy atom. The zero-order valence-electron chi connectivity index (χ0n) is 10.5. The van der Waals surface area contributed by atoms with E-state index in [2.05, 4.69) is 5.32 Å². The molecule has 0 aliphatic carbocycles. The van der Waals surface area contributed by atoms with Crippen molar-refractivity contribution in [3.05, 3.63) is 29.8 Å². The summed E-state index contributed by atoms with van der Waals surface area (Å²) in [5.41, 5.74) is 1.60. The molecule has 1 atom stereocenters. The number of aliphatic carboxylic acids is 1. The molecule has 0 aliphatic rings. The van der Waals surface area contributed by atoms with Crippen LogP contribution in [-0.4, -0.2) is 30.7 Å². The molecule has 1 rings (SSSR count). The van der Waals surface area contributed by atoms with Crippen LogP contribution in [0.2, 0.25) is 0 Å². The lowest BCUT2D eigenvalue weighted by Gasteiger charge is -2.08. The lowest BCUT2D eigenvalue weighted by Crippen LogP contribution is -2.17. The molecule has 1 aromatic rings. The van der Waals surface area contributed by atoms with Crippen molar-refractivity contribution in [3.63, 3.8) is 0 Å². The first-order valence-electron chi connectivity index (χ1n) is 5.63. The monoisotopic (exact) mass is 251 g/mol. The first-order valence-corrected chi connectivity index (χ1v) is 5.63. The van der Waals surface area contributed by atoms with Gasteiger partial charge < -0.3 is 15.2 Å². The van der Waals surface area contributed by atoms with E-state index in [1.54, 1.807) is 19.1 Å². The Kier molecular flexibility index (Phi) is 5.32. The van der Waals surface area contributed by atoms with Crippen LogP contribution in [0.3, 0.4) is 0 Å². The van der Waals surface area contributed by atoms with Crippen molar-refractivity contribution in [3.8, 4) is 0 Å². The second-order valence-corrected chi connectivity index (χ2v) is 4.12. The quantitative estimate of drug-likeness (QED) is 0.804. The summed E-state index contributed by atoms with van der Waals surface area (Å²) in [6, 6.07) is 7.11. The molecule has 18 heavy (non-hydrogen) atoms. The minimum atomic E-state index is -0.813. The topological polar surface area (TPSA) is 75.6 Å². The van der Waals surface area contributed by atoms with E-state index in [1.807, 2.05) is 12.1 Å². The number of carbonyl (C=O) groups excluding carboxylic acids is 1. The summed E-state index contributed by atoms with van der Waals surface area (Å²) in [6.45, 7) is 1.68. The standard InChI is InChI=1S/C13H17NO4/c1-9(13(16)17)7-10-3-5-11(6-4-10)14-12(15)8-18-2/h3-6,9H,7-8H2,1-2H3,(H,14,15)(H,16,17)/t9-/m0/s1. The summed E-state index contributed by atoms with van der Waals surface area (Å²) in [4.78, 5) is 22.0. The van der Waals surface area contributed by atoms with Crippen LogP contribution < -0.4 is 5.32 Å². The molecule has 1 amide bonds. The molecule has 0 heterocycles. The highest BCUT2D eigenvalue weighted by Gasteiger charge is 2.11. The van der Waals surface area contributed by atoms with Crippen LogP contribution in [0.5, 0.6) is 0 Å². The van der Waals surface area contributed by atoms with Gasteiger partial charge in [0.2, 0.25) is 5.91 Å². The van der Waals surface area contributed by atoms with E-state index < -0.39 is 11.9 Å². The average Bonchev–Trinajstić information content (AvgIpc) is 2.31. The minimum Gasteiger partial charge on any atom is -0.481 e. The Bertz CT molecular complexity index is 414. The van der Waals surface area contributed by atoms with Gasteiger partial charge in [0.1, 0.15) is 6.61 Å². The third-order valence-corrected chi connectivity index (χ3v) is 2.48. The molecule has 0 bridgehead atoms. The predicted molar refractivity (Wildman–Crippen MR) is 67.5 cm³/mol. The van der Waals surface area contributed by atoms with E-state index in [0.717, 1.165) is 5.56 Å². The molecular formula is C13H17NO4. The zero-order chi connectivity index (χ0) is 13.5. The second-order valence-electron chi connectivity index (χ2n) is 4.12. The number of hydrogen-bond donors (Lipinski definition) is 2. The van der Waals surface area contributed by atoms with Crippen molar-refractivity contribution in [1.82, 2.24) is 0 Å². The lowest BCUT2D eigenvalue weighted by molar-refractivity contribution is -0.141. The highest BCUT2D eigenvalue weighted by Crippen LogP contribution is 2.13. The number of anilines is 1. The molecule has 0 fully saturated rings. The molecule has 0 aliphatic heterocycles. The molecule has 0 spiro atoms. The van der Waals surface area contributed by atoms with Crippen LogP contribution in [0, 0.1) is 5.92 Å². The van der Waals surface area contributed by atoms with E-state index >= 15 is 0 Å². The number of nitrogens with one attached hydrogen (secondary N) is 1. The molecule has 0 aromatic heterocycles. The van der Waals surface area contributed by atoms with E-state index in [1.165, 1.54) is 7.11 Å². The fourth-order valence-electron chi connectivity index (χ4n) is 1.49. The molecule has 5 heteroatoms. The van der Waals surface area contributed by atoms with Gasteiger partial charge in [0.15, 0.2) is 0 Å². The van der Waals surface area contributed by atoms with Crippen molar-refractivity contribution >= 4 is 17.6 Å². The Morgan fingerprint density at radius 2 is 1.94 bits per heavy atom. The van der Waals surface area contributed by atoms with Gasteiger partial charge in [-0.2, -0.15) is 0 Å². The third-order valence-electron chi connectivity index (χ3n) is 2.48. The molecule has 0 saturated carbocycles. The van der Waals surface area contributed by atoms with Gasteiger partial charge in [-0.3, -0.25) is 9.59 Å². The van der Waals surface area contributed by atoms with Gasteiger partial charge in [-0.1, -0.05) is 19.1 Å². The molecule has 0 unspecified atom stereocenters. The van der Waals surface area contributed by atoms with Crippen molar-refractivity contribution in [2.75, 3.05) is 19.0 Å². The summed E-state index contributed by atoms with van der Waals surface area (Å²) in [6.07, 6.45) is 0.474. The van der Waals surface area contributed by atoms with Crippen molar-refractivity contribution in [2.24, 2.45) is 5.92 Å². The van der Waals surface area contributed by atoms with Crippen molar-refractivity contribution in [2.45, 2.75) is 13.3 Å². The largest absolute Gasteiger partial charge is 0.481 e. The second kappa shape index (κ2) is 6.76. The summed E-state index contributed by atoms with van der Waals surface area (Å²) in [5.74, 6) is -1.45. The number of benzene rings is 1. The Hall–Kier alpha value is -1.88. The molecule has 1 aromatic carbocycles. The maximum Gasteiger partial charge on any atom is 0.306 e. The van der Waals surface area contributed by atoms with Crippen LogP contribution in [0.1, 0.15) is 12.5 Å². The average molecular weight is 251 g/mol. The van der Waals surface area contributed by atoms with E-state index in [-0.39, 0.29) is 12.5 Å². The van der Waals surface area contributed by atoms with Gasteiger partial charge in [0, 0.05) is 12.8 Å². The number of hydrogen-bond acceptors (Lipinski definition) is 3. The number of methoxy groups -OCH3 is 1. The van der Waals surface area contributed by atoms with Gasteiger partial charge in [0.05, 0.1) is 5.92 Å². The third kappa shape index (κ3) is 4.55. The highest BCUT2D eigenvalue weighted by molar-refractivity contribution is 5.91. The number of carboxylic acids is 1. The number of rotatable bonds is 6. The van der Waals surface area contributed by atoms with E-state index in [4.69, 9.17) is 9.84 Å². The smallest absolute Gasteiger partial charge is 0.306 e. The summed E-state index contributed by atoms with van der Waals surface area (Å²) in [5, 5.41) is 11.5. The molecule has 0 radical (unpaired) electrons. The number of carbonyl (C=O) groups is 2. The minimum absolute atomic E-state index is 0.0117. The predicted octanol–water partition coefficient (Wildman–Crippen LogP) is 1.53. The van der Waals surface area contributed by atoms with E-state index in [9.17, 15) is 9.59 Å². The number of carboxylic acid groups (broad SMARTS) is 1. The normalized spacial score (nSPS) is 11.9. The summed E-state index contributed by atoms with van der Waals surface area (Å²) in [7, 11) is 1.45. The Balaban J connectivity index is 2.57. The number of ether oxygens (including phenoxy) is 1. The van der Waals surface area contributed by atoms with Crippen molar-refractivity contribution < 1.29 is 19.4 Å². The SMILES string of the molecule is COCC(=O)Nc1ccc(C[C@H](C)C(=O)O)cc1. The number of amides is 1. The molecule has 2 N–H and O–H groups in total. The Morgan fingerprint density at radius 3 is 2.44 bits per heavy atom. The Labute approximate surface area is 106 Å². The van der Waals surface area contributed by atoms with Crippen LogP contribution in [-0.2, 0) is 20.7 Å². The van der Waals surface area contributed by atoms with Gasteiger partial charge in [-0.05, 0) is 24.1 Å². The van der Waals surface area contributed by atoms with E-state index in [0.29, 0.717) is 12.1 Å². The summed E-state index contributed by atoms with van der Waals surface area (Å²) >= 11 is 0. The van der Waals surface area contributed by atoms with Gasteiger partial charge in [-0.15, -0.1) is 0 Å². The summed E-state index contributed by atoms with van der Waals surface area (Å²) < 4.78 is 4.70. The van der Waals surface area contributed by atoms with Gasteiger partial charge >= 0.3 is 5.97 Å². The maximum atomic E-state index is 11.3. The van der Waals surface area contributed by atoms with Crippen LogP contribution >= 0.6 is 0 Å². The highest BCUT2D eigenvalue weighted by atomic mass is 16.5. The maximum absolute atomic E-state index is 11.3. The first-order chi connectivity index (χ1) is 8.52. The fraction of sp³-hybridized carbons (Fsp3) is 0.385. The fourth-order valence-corrected chi connectivity index (χ4v) is 1.49. The van der Waals surface area contributed by atoms with Crippen LogP contribution in [0.25, 0.3) is 0 Å². The molecule has 98 valence electrons. The molecule has 5 nitrogen and oxygen atoms in total. The zero-order valence-corrected chi connectivity index (χ0v) is 10.5. The van der Waals surface area contributed by atoms with Gasteiger partial charge in [-0.25, -0.2) is 0 Å². The van der Waals surface area contributed by atoms with Crippen molar-refractivity contribution in [1.29, 1.82) is 0 Å². The van der Waals surface area contributed by atoms with Gasteiger partial charge in [0.25, 0.3) is 0 Å².